The Morgan fingerprint density at radius 2 is 1.78 bits per heavy atom. The van der Waals surface area contributed by atoms with Gasteiger partial charge in [0.25, 0.3) is 5.91 Å². The Morgan fingerprint density at radius 3 is 2.47 bits per heavy atom. The summed E-state index contributed by atoms with van der Waals surface area (Å²) in [5, 5.41) is 14.7. The third-order valence-corrected chi connectivity index (χ3v) is 7.55. The maximum atomic E-state index is 13.0. The normalized spacial score (nSPS) is 15.2. The second-order valence-corrected chi connectivity index (χ2v) is 10.1. The van der Waals surface area contributed by atoms with Crippen molar-refractivity contribution in [3.05, 3.63) is 75.9 Å². The number of nitrogens with one attached hydrogen (secondary N) is 1. The highest BCUT2D eigenvalue weighted by Crippen LogP contribution is 2.33. The number of hydrogen-bond donors (Lipinski definition) is 2. The number of aliphatic hydroxyl groups excluding tert-OH is 1. The number of carbonyl (C=O) groups is 1. The molecule has 4 rings (SSSR count). The van der Waals surface area contributed by atoms with Crippen LogP contribution in [-0.4, -0.2) is 65.9 Å². The van der Waals surface area contributed by atoms with Crippen molar-refractivity contribution in [2.75, 3.05) is 44.2 Å². The number of hydrogen-bond acceptors (Lipinski definition) is 4. The zero-order chi connectivity index (χ0) is 25.7. The highest BCUT2D eigenvalue weighted by molar-refractivity contribution is 6.43. The average Bonchev–Trinajstić information content (AvgIpc) is 3.21. The third kappa shape index (κ3) is 6.06. The minimum Gasteiger partial charge on any atom is -0.390 e. The number of halogens is 2. The predicted molar refractivity (Wildman–Crippen MR) is 148 cm³/mol. The number of amides is 1. The van der Waals surface area contributed by atoms with E-state index in [4.69, 9.17) is 23.2 Å². The van der Waals surface area contributed by atoms with Crippen molar-refractivity contribution in [1.29, 1.82) is 0 Å². The van der Waals surface area contributed by atoms with E-state index in [1.807, 2.05) is 43.3 Å². The molecule has 6 nitrogen and oxygen atoms in total. The van der Waals surface area contributed by atoms with Gasteiger partial charge in [-0.15, -0.1) is 0 Å². The van der Waals surface area contributed by atoms with E-state index >= 15 is 0 Å². The van der Waals surface area contributed by atoms with Crippen LogP contribution in [0.25, 0.3) is 11.3 Å². The smallest absolute Gasteiger partial charge is 0.253 e. The second-order valence-electron chi connectivity index (χ2n) is 9.27. The standard InChI is InChI=1S/C28H34Cl2N4O2/c1-3-12-34-20(2)23(17-26(34)21-8-5-4-6-9-21)28(36)31-18-22(35)19-32-13-15-33(16-14-32)25-11-7-10-24(29)27(25)30/h4-11,17,22,35H,3,12-16,18-19H2,1-2H3,(H,31,36). The van der Waals surface area contributed by atoms with Crippen molar-refractivity contribution in [3.63, 3.8) is 0 Å². The largest absolute Gasteiger partial charge is 0.390 e. The predicted octanol–water partition coefficient (Wildman–Crippen LogP) is 5.09. The van der Waals surface area contributed by atoms with Crippen LogP contribution in [0.2, 0.25) is 10.0 Å². The lowest BCUT2D eigenvalue weighted by molar-refractivity contribution is 0.0851. The molecule has 1 unspecified atom stereocenters. The summed E-state index contributed by atoms with van der Waals surface area (Å²) in [5.41, 5.74) is 4.67. The monoisotopic (exact) mass is 528 g/mol. The molecule has 1 aliphatic heterocycles. The van der Waals surface area contributed by atoms with Gasteiger partial charge < -0.3 is 19.9 Å². The maximum absolute atomic E-state index is 13.0. The first-order chi connectivity index (χ1) is 17.4. The lowest BCUT2D eigenvalue weighted by Gasteiger charge is -2.37. The van der Waals surface area contributed by atoms with Crippen LogP contribution >= 0.6 is 23.2 Å². The molecule has 8 heteroatoms. The number of β-amino-alcohol motifs (C(OH)–C–C–N with tert-alkyl or cyclic N) is 1. The van der Waals surface area contributed by atoms with Crippen LogP contribution in [0.15, 0.2) is 54.6 Å². The zero-order valence-electron chi connectivity index (χ0n) is 20.9. The molecular formula is C28H34Cl2N4O2. The molecule has 0 aliphatic carbocycles. The van der Waals surface area contributed by atoms with Gasteiger partial charge in [-0.25, -0.2) is 0 Å². The van der Waals surface area contributed by atoms with E-state index in [-0.39, 0.29) is 12.5 Å². The Hall–Kier alpha value is -2.51. The number of carbonyl (C=O) groups excluding carboxylic acids is 1. The quantitative estimate of drug-likeness (QED) is 0.405. The summed E-state index contributed by atoms with van der Waals surface area (Å²) in [4.78, 5) is 17.5. The highest BCUT2D eigenvalue weighted by Gasteiger charge is 2.23. The number of anilines is 1. The topological polar surface area (TPSA) is 60.7 Å². The number of benzene rings is 2. The fourth-order valence-electron chi connectivity index (χ4n) is 4.81. The fraction of sp³-hybridized carbons (Fsp3) is 0.393. The summed E-state index contributed by atoms with van der Waals surface area (Å²) in [5.74, 6) is -0.154. The zero-order valence-corrected chi connectivity index (χ0v) is 22.4. The molecule has 2 N–H and O–H groups in total. The van der Waals surface area contributed by atoms with Gasteiger partial charge in [-0.2, -0.15) is 0 Å². The summed E-state index contributed by atoms with van der Waals surface area (Å²) < 4.78 is 2.20. The van der Waals surface area contributed by atoms with E-state index < -0.39 is 6.10 Å². The Kier molecular flexibility index (Phi) is 8.96. The molecule has 36 heavy (non-hydrogen) atoms. The summed E-state index contributed by atoms with van der Waals surface area (Å²) in [7, 11) is 0. The van der Waals surface area contributed by atoms with Gasteiger partial charge >= 0.3 is 0 Å². The molecule has 0 bridgehead atoms. The van der Waals surface area contributed by atoms with Crippen molar-refractivity contribution in [3.8, 4) is 11.3 Å². The van der Waals surface area contributed by atoms with E-state index in [0.717, 1.165) is 61.8 Å². The van der Waals surface area contributed by atoms with Gasteiger partial charge in [0.1, 0.15) is 0 Å². The lowest BCUT2D eigenvalue weighted by Crippen LogP contribution is -2.50. The van der Waals surface area contributed by atoms with Crippen LogP contribution in [0.5, 0.6) is 0 Å². The molecule has 2 heterocycles. The van der Waals surface area contributed by atoms with Crippen molar-refractivity contribution in [2.24, 2.45) is 0 Å². The number of rotatable bonds is 9. The maximum Gasteiger partial charge on any atom is 0.253 e. The Balaban J connectivity index is 1.31. The number of piperazine rings is 1. The van der Waals surface area contributed by atoms with Gasteiger partial charge in [0.05, 0.1) is 27.4 Å². The van der Waals surface area contributed by atoms with E-state index in [2.05, 4.69) is 38.7 Å². The molecule has 3 aromatic rings. The minimum absolute atomic E-state index is 0.154. The Bertz CT molecular complexity index is 1170. The Morgan fingerprint density at radius 1 is 1.06 bits per heavy atom. The van der Waals surface area contributed by atoms with Gasteiger partial charge in [0.2, 0.25) is 0 Å². The first-order valence-electron chi connectivity index (χ1n) is 12.5. The van der Waals surface area contributed by atoms with Crippen LogP contribution in [0, 0.1) is 6.92 Å². The molecule has 0 spiro atoms. The minimum atomic E-state index is -0.651. The second kappa shape index (κ2) is 12.2. The van der Waals surface area contributed by atoms with Crippen molar-refractivity contribution < 1.29 is 9.90 Å². The molecule has 192 valence electrons. The van der Waals surface area contributed by atoms with Crippen molar-refractivity contribution in [1.82, 2.24) is 14.8 Å². The average molecular weight is 530 g/mol. The van der Waals surface area contributed by atoms with Crippen LogP contribution in [0.3, 0.4) is 0 Å². The summed E-state index contributed by atoms with van der Waals surface area (Å²) in [6.07, 6.45) is 0.327. The molecule has 1 saturated heterocycles. The molecule has 1 atom stereocenters. The van der Waals surface area contributed by atoms with Gasteiger partial charge in [-0.1, -0.05) is 66.5 Å². The first kappa shape index (κ1) is 26.6. The summed E-state index contributed by atoms with van der Waals surface area (Å²) in [6.45, 7) is 8.86. The number of aliphatic hydroxyl groups is 1. The molecule has 1 amide bonds. The molecule has 1 aromatic heterocycles. The number of aromatic nitrogens is 1. The SMILES string of the molecule is CCCn1c(-c2ccccc2)cc(C(=O)NCC(O)CN2CCN(c3cccc(Cl)c3Cl)CC2)c1C. The van der Waals surface area contributed by atoms with E-state index in [1.165, 1.54) is 0 Å². The number of nitrogens with zero attached hydrogens (tertiary/aromatic N) is 3. The molecule has 2 aromatic carbocycles. The molecule has 0 saturated carbocycles. The highest BCUT2D eigenvalue weighted by atomic mass is 35.5. The first-order valence-corrected chi connectivity index (χ1v) is 13.3. The van der Waals surface area contributed by atoms with Gasteiger partial charge in [0.15, 0.2) is 0 Å². The van der Waals surface area contributed by atoms with Crippen LogP contribution in [0.4, 0.5) is 5.69 Å². The van der Waals surface area contributed by atoms with Gasteiger partial charge in [-0.05, 0) is 37.1 Å². The molecule has 0 radical (unpaired) electrons. The molecular weight excluding hydrogens is 495 g/mol. The van der Waals surface area contributed by atoms with Crippen LogP contribution in [-0.2, 0) is 6.54 Å². The van der Waals surface area contributed by atoms with Crippen molar-refractivity contribution in [2.45, 2.75) is 32.9 Å². The van der Waals surface area contributed by atoms with Gasteiger partial charge in [0, 0.05) is 57.2 Å². The molecule has 1 fully saturated rings. The van der Waals surface area contributed by atoms with Gasteiger partial charge in [-0.3, -0.25) is 9.69 Å². The molecule has 1 aliphatic rings. The summed E-state index contributed by atoms with van der Waals surface area (Å²) in [6, 6.07) is 17.8. The van der Waals surface area contributed by atoms with E-state index in [0.29, 0.717) is 22.2 Å². The third-order valence-electron chi connectivity index (χ3n) is 6.74. The van der Waals surface area contributed by atoms with Crippen LogP contribution in [0.1, 0.15) is 29.4 Å². The van der Waals surface area contributed by atoms with Crippen LogP contribution < -0.4 is 10.2 Å². The fourth-order valence-corrected chi connectivity index (χ4v) is 5.23. The van der Waals surface area contributed by atoms with Crippen molar-refractivity contribution >= 4 is 34.8 Å². The van der Waals surface area contributed by atoms with E-state index in [9.17, 15) is 9.90 Å². The lowest BCUT2D eigenvalue weighted by atomic mass is 10.1. The summed E-state index contributed by atoms with van der Waals surface area (Å²) >= 11 is 12.5. The van der Waals surface area contributed by atoms with E-state index in [1.54, 1.807) is 6.07 Å². The Labute approximate surface area is 223 Å².